The van der Waals surface area contributed by atoms with Crippen molar-refractivity contribution in [1.29, 1.82) is 0 Å². The molecule has 1 aliphatic rings. The molecular weight excluding hydrogens is 350 g/mol. The zero-order valence-electron chi connectivity index (χ0n) is 15.3. The van der Waals surface area contributed by atoms with Gasteiger partial charge >= 0.3 is 6.03 Å². The number of nitrogens with one attached hydrogen (secondary N) is 1. The van der Waals surface area contributed by atoms with Gasteiger partial charge in [-0.1, -0.05) is 36.8 Å². The number of carbonyl (C=O) groups excluding carboxylic acids is 1. The van der Waals surface area contributed by atoms with E-state index in [4.69, 9.17) is 0 Å². The second-order valence-corrected chi connectivity index (χ2v) is 6.87. The van der Waals surface area contributed by atoms with Gasteiger partial charge in [0.2, 0.25) is 0 Å². The highest BCUT2D eigenvalue weighted by atomic mass is 19.3. The topological polar surface area (TPSA) is 58.1 Å². The van der Waals surface area contributed by atoms with E-state index in [2.05, 4.69) is 15.5 Å². The summed E-state index contributed by atoms with van der Waals surface area (Å²) < 4.78 is 27.1. The lowest BCUT2D eigenvalue weighted by Gasteiger charge is -2.33. The van der Waals surface area contributed by atoms with Crippen LogP contribution in [-0.2, 0) is 5.92 Å². The van der Waals surface area contributed by atoms with Gasteiger partial charge in [0.15, 0.2) is 5.82 Å². The first-order valence-corrected chi connectivity index (χ1v) is 8.85. The average Bonchev–Trinajstić information content (AvgIpc) is 2.64. The molecule has 0 spiro atoms. The summed E-state index contributed by atoms with van der Waals surface area (Å²) in [6, 6.07) is 9.60. The van der Waals surface area contributed by atoms with Gasteiger partial charge in [0.05, 0.1) is 0 Å². The number of aromatic nitrogens is 2. The number of hydrogen-bond donors (Lipinski definition) is 1. The molecule has 1 unspecified atom stereocenters. The van der Waals surface area contributed by atoms with Crippen LogP contribution < -0.4 is 5.32 Å². The highest BCUT2D eigenvalue weighted by Crippen LogP contribution is 2.29. The van der Waals surface area contributed by atoms with Crippen LogP contribution in [-0.4, -0.2) is 34.2 Å². The SMILES string of the molecule is CC1CN(C(=O)Nc2cccnn2)CCC1=Cc1cccc(C(C)(F)F)c1. The minimum atomic E-state index is -2.86. The standard InChI is InChI=1S/C20H22F2N4O/c1-14-13-26(19(27)24-18-7-4-9-23-25-18)10-8-16(14)11-15-5-3-6-17(12-15)20(2,21)22/h3-7,9,11-12,14H,8,10,13H2,1-2H3,(H,24,25,27). The van der Waals surface area contributed by atoms with Crippen molar-refractivity contribution >= 4 is 17.9 Å². The molecule has 0 bridgehead atoms. The minimum absolute atomic E-state index is 0.00490. The number of likely N-dealkylation sites (tertiary alicyclic amines) is 1. The predicted octanol–water partition coefficient (Wildman–Crippen LogP) is 4.55. The molecule has 1 fully saturated rings. The number of carbonyl (C=O) groups is 1. The first-order valence-electron chi connectivity index (χ1n) is 8.85. The van der Waals surface area contributed by atoms with Crippen molar-refractivity contribution in [2.75, 3.05) is 18.4 Å². The van der Waals surface area contributed by atoms with E-state index in [1.54, 1.807) is 29.3 Å². The Morgan fingerprint density at radius 3 is 2.81 bits per heavy atom. The van der Waals surface area contributed by atoms with Crippen LogP contribution in [0.15, 0.2) is 48.2 Å². The molecule has 27 heavy (non-hydrogen) atoms. The van der Waals surface area contributed by atoms with Gasteiger partial charge in [-0.25, -0.2) is 13.6 Å². The number of piperidine rings is 1. The van der Waals surface area contributed by atoms with Crippen molar-refractivity contribution in [3.8, 4) is 0 Å². The summed E-state index contributed by atoms with van der Waals surface area (Å²) >= 11 is 0. The van der Waals surface area contributed by atoms with Crippen molar-refractivity contribution < 1.29 is 13.6 Å². The normalized spacial score (nSPS) is 19.2. The van der Waals surface area contributed by atoms with E-state index in [1.165, 1.54) is 12.1 Å². The van der Waals surface area contributed by atoms with Crippen LogP contribution in [0.3, 0.4) is 0 Å². The molecule has 5 nitrogen and oxygen atoms in total. The molecule has 0 radical (unpaired) electrons. The summed E-state index contributed by atoms with van der Waals surface area (Å²) in [6.45, 7) is 4.05. The van der Waals surface area contributed by atoms with Crippen LogP contribution in [0, 0.1) is 5.92 Å². The van der Waals surface area contributed by atoms with Crippen LogP contribution in [0.1, 0.15) is 31.4 Å². The fourth-order valence-electron chi connectivity index (χ4n) is 3.12. The van der Waals surface area contributed by atoms with Gasteiger partial charge in [-0.3, -0.25) is 5.32 Å². The van der Waals surface area contributed by atoms with E-state index < -0.39 is 5.92 Å². The van der Waals surface area contributed by atoms with Crippen LogP contribution in [0.25, 0.3) is 6.08 Å². The number of hydrogen-bond acceptors (Lipinski definition) is 3. The molecule has 1 N–H and O–H groups in total. The molecule has 2 heterocycles. The number of amides is 2. The third-order valence-corrected chi connectivity index (χ3v) is 4.64. The molecule has 1 aliphatic heterocycles. The molecule has 0 saturated carbocycles. The molecule has 142 valence electrons. The summed E-state index contributed by atoms with van der Waals surface area (Å²) in [6.07, 6.45) is 4.19. The van der Waals surface area contributed by atoms with Crippen molar-refractivity contribution in [3.05, 3.63) is 59.3 Å². The zero-order chi connectivity index (χ0) is 19.4. The van der Waals surface area contributed by atoms with Crippen molar-refractivity contribution in [2.24, 2.45) is 5.92 Å². The first-order chi connectivity index (χ1) is 12.8. The van der Waals surface area contributed by atoms with Gasteiger partial charge in [0, 0.05) is 31.8 Å². The average molecular weight is 372 g/mol. The third-order valence-electron chi connectivity index (χ3n) is 4.64. The predicted molar refractivity (Wildman–Crippen MR) is 100 cm³/mol. The molecule has 1 saturated heterocycles. The quantitative estimate of drug-likeness (QED) is 0.860. The Morgan fingerprint density at radius 2 is 2.15 bits per heavy atom. The summed E-state index contributed by atoms with van der Waals surface area (Å²) in [4.78, 5) is 14.1. The highest BCUT2D eigenvalue weighted by Gasteiger charge is 2.26. The lowest BCUT2D eigenvalue weighted by molar-refractivity contribution is 0.0174. The van der Waals surface area contributed by atoms with Crippen LogP contribution in [0.2, 0.25) is 0 Å². The van der Waals surface area contributed by atoms with E-state index in [9.17, 15) is 13.6 Å². The number of anilines is 1. The van der Waals surface area contributed by atoms with Gasteiger partial charge in [-0.15, -0.1) is 5.10 Å². The highest BCUT2D eigenvalue weighted by molar-refractivity contribution is 5.88. The second-order valence-electron chi connectivity index (χ2n) is 6.87. The van der Waals surface area contributed by atoms with Crippen molar-refractivity contribution in [3.63, 3.8) is 0 Å². The summed E-state index contributed by atoms with van der Waals surface area (Å²) in [5, 5.41) is 10.3. The molecule has 1 aromatic carbocycles. The molecule has 2 aromatic rings. The number of benzene rings is 1. The molecule has 7 heteroatoms. The largest absolute Gasteiger partial charge is 0.324 e. The summed E-state index contributed by atoms with van der Waals surface area (Å²) in [5.41, 5.74) is 1.91. The Morgan fingerprint density at radius 1 is 1.33 bits per heavy atom. The fourth-order valence-corrected chi connectivity index (χ4v) is 3.12. The Labute approximate surface area is 157 Å². The third kappa shape index (κ3) is 4.87. The minimum Gasteiger partial charge on any atom is -0.324 e. The number of alkyl halides is 2. The van der Waals surface area contributed by atoms with E-state index in [-0.39, 0.29) is 17.5 Å². The number of urea groups is 1. The number of nitrogens with zero attached hydrogens (tertiary/aromatic N) is 3. The van der Waals surface area contributed by atoms with E-state index in [0.29, 0.717) is 25.3 Å². The Bertz CT molecular complexity index is 833. The second kappa shape index (κ2) is 7.82. The lowest BCUT2D eigenvalue weighted by Crippen LogP contribution is -2.42. The molecule has 1 aromatic heterocycles. The molecule has 1 atom stereocenters. The number of halogens is 2. The smallest absolute Gasteiger partial charge is 0.323 e. The van der Waals surface area contributed by atoms with Gasteiger partial charge < -0.3 is 4.90 Å². The molecular formula is C20H22F2N4O. The van der Waals surface area contributed by atoms with E-state index in [1.807, 2.05) is 19.1 Å². The Hall–Kier alpha value is -2.83. The van der Waals surface area contributed by atoms with Gasteiger partial charge in [-0.05, 0) is 36.1 Å². The summed E-state index contributed by atoms with van der Waals surface area (Å²) in [7, 11) is 0. The van der Waals surface area contributed by atoms with Crippen LogP contribution in [0.4, 0.5) is 19.4 Å². The molecule has 0 aliphatic carbocycles. The first kappa shape index (κ1) is 18.9. The maximum atomic E-state index is 13.5. The molecule has 2 amide bonds. The lowest BCUT2D eigenvalue weighted by atomic mass is 9.91. The maximum Gasteiger partial charge on any atom is 0.323 e. The van der Waals surface area contributed by atoms with Crippen molar-refractivity contribution in [2.45, 2.75) is 26.2 Å². The summed E-state index contributed by atoms with van der Waals surface area (Å²) in [5.74, 6) is -2.31. The van der Waals surface area contributed by atoms with E-state index in [0.717, 1.165) is 18.1 Å². The Balaban J connectivity index is 1.66. The fraction of sp³-hybridized carbons (Fsp3) is 0.350. The van der Waals surface area contributed by atoms with E-state index >= 15 is 0 Å². The van der Waals surface area contributed by atoms with Crippen LogP contribution in [0.5, 0.6) is 0 Å². The van der Waals surface area contributed by atoms with Gasteiger partial charge in [0.25, 0.3) is 5.92 Å². The van der Waals surface area contributed by atoms with Crippen molar-refractivity contribution in [1.82, 2.24) is 15.1 Å². The number of rotatable bonds is 3. The van der Waals surface area contributed by atoms with Gasteiger partial charge in [-0.2, -0.15) is 5.10 Å². The Kier molecular flexibility index (Phi) is 5.48. The monoisotopic (exact) mass is 372 g/mol. The zero-order valence-corrected chi connectivity index (χ0v) is 15.3. The van der Waals surface area contributed by atoms with Gasteiger partial charge in [0.1, 0.15) is 0 Å². The molecule has 3 rings (SSSR count). The maximum absolute atomic E-state index is 13.5. The van der Waals surface area contributed by atoms with Crippen LogP contribution >= 0.6 is 0 Å².